The van der Waals surface area contributed by atoms with E-state index in [1.807, 2.05) is 0 Å². The van der Waals surface area contributed by atoms with Crippen LogP contribution in [0.3, 0.4) is 0 Å². The molecule has 1 aromatic heterocycles. The molecular formula is C3H6BN3P. The third kappa shape index (κ3) is 3.69. The summed E-state index contributed by atoms with van der Waals surface area (Å²) in [6.45, 7) is 0. The van der Waals surface area contributed by atoms with Crippen LogP contribution in [0.2, 0.25) is 0 Å². The quantitative estimate of drug-likeness (QED) is 0.349. The number of hydrogen-bond acceptors (Lipinski definition) is 3. The molecule has 0 aliphatic carbocycles. The van der Waals surface area contributed by atoms with Crippen LogP contribution in [0.15, 0.2) is 18.5 Å². The molecule has 0 saturated carbocycles. The van der Waals surface area contributed by atoms with Crippen LogP contribution in [0.5, 0.6) is 0 Å². The normalized spacial score (nSPS) is 6.00. The van der Waals surface area contributed by atoms with Gasteiger partial charge in [0.25, 0.3) is 0 Å². The van der Waals surface area contributed by atoms with Crippen molar-refractivity contribution >= 4 is 18.3 Å². The van der Waals surface area contributed by atoms with Crippen molar-refractivity contribution in [2.75, 3.05) is 0 Å². The van der Waals surface area contributed by atoms with Gasteiger partial charge in [-0.3, -0.25) is 0 Å². The van der Waals surface area contributed by atoms with Gasteiger partial charge in [-0.25, -0.2) is 0 Å². The molecule has 0 aliphatic rings. The van der Waals surface area contributed by atoms with Crippen molar-refractivity contribution in [3.8, 4) is 0 Å². The van der Waals surface area contributed by atoms with Crippen molar-refractivity contribution in [3.63, 3.8) is 0 Å². The summed E-state index contributed by atoms with van der Waals surface area (Å²) in [5.74, 6) is 0. The summed E-state index contributed by atoms with van der Waals surface area (Å²) in [4.78, 5) is 0. The Labute approximate surface area is 53.1 Å². The van der Waals surface area contributed by atoms with E-state index in [1.54, 1.807) is 18.5 Å². The lowest BCUT2D eigenvalue weighted by Crippen LogP contribution is -1.78. The van der Waals surface area contributed by atoms with Crippen molar-refractivity contribution in [2.24, 2.45) is 0 Å². The highest BCUT2D eigenvalue weighted by atomic mass is 31.0. The van der Waals surface area contributed by atoms with Crippen molar-refractivity contribution in [1.29, 1.82) is 0 Å². The molecule has 0 aliphatic heterocycles. The molecule has 0 saturated heterocycles. The first-order valence-corrected chi connectivity index (χ1v) is 1.58. The minimum Gasteiger partial charge on any atom is -0.153 e. The summed E-state index contributed by atoms with van der Waals surface area (Å²) in [6, 6.07) is 1.72. The van der Waals surface area contributed by atoms with Crippen LogP contribution < -0.4 is 0 Å². The molecule has 0 amide bonds. The first kappa shape index (κ1) is 10.5. The summed E-state index contributed by atoms with van der Waals surface area (Å²) >= 11 is 0. The van der Waals surface area contributed by atoms with Crippen molar-refractivity contribution in [3.05, 3.63) is 18.5 Å². The van der Waals surface area contributed by atoms with Crippen LogP contribution >= 0.6 is 9.90 Å². The van der Waals surface area contributed by atoms with Gasteiger partial charge in [0.05, 0.1) is 12.4 Å². The second-order valence-corrected chi connectivity index (χ2v) is 0.811. The first-order chi connectivity index (χ1) is 3.00. The first-order valence-electron chi connectivity index (χ1n) is 1.58. The predicted molar refractivity (Wildman–Crippen MR) is 36.7 cm³/mol. The molecule has 5 heteroatoms. The van der Waals surface area contributed by atoms with Gasteiger partial charge in [-0.15, -0.1) is 10.2 Å². The number of rotatable bonds is 0. The highest BCUT2D eigenvalue weighted by Crippen LogP contribution is 1.61. The van der Waals surface area contributed by atoms with Crippen LogP contribution in [0.25, 0.3) is 0 Å². The molecule has 0 fully saturated rings. The second-order valence-electron chi connectivity index (χ2n) is 0.811. The monoisotopic (exact) mass is 126 g/mol. The van der Waals surface area contributed by atoms with Crippen LogP contribution in [0, 0.1) is 0 Å². The van der Waals surface area contributed by atoms with E-state index in [-0.39, 0.29) is 18.3 Å². The molecule has 0 bridgehead atoms. The zero-order valence-corrected chi connectivity index (χ0v) is 5.77. The van der Waals surface area contributed by atoms with Crippen LogP contribution in [0.4, 0.5) is 0 Å². The van der Waals surface area contributed by atoms with E-state index in [2.05, 4.69) is 15.4 Å². The van der Waals surface area contributed by atoms with Crippen molar-refractivity contribution in [1.82, 2.24) is 15.4 Å². The third-order valence-electron chi connectivity index (χ3n) is 0.409. The molecule has 3 radical (unpaired) electrons. The molecule has 0 aromatic carbocycles. The number of nitrogens with zero attached hydrogens (tertiary/aromatic N) is 3. The molecule has 1 unspecified atom stereocenters. The minimum atomic E-state index is 0. The van der Waals surface area contributed by atoms with Crippen molar-refractivity contribution < 1.29 is 0 Å². The zero-order chi connectivity index (χ0) is 4.24. The largest absolute Gasteiger partial charge is 0.153 e. The lowest BCUT2D eigenvalue weighted by atomic mass is 10.7. The van der Waals surface area contributed by atoms with E-state index < -0.39 is 0 Å². The zero-order valence-electron chi connectivity index (χ0n) is 4.36. The summed E-state index contributed by atoms with van der Waals surface area (Å²) in [7, 11) is 0. The van der Waals surface area contributed by atoms with E-state index >= 15 is 0 Å². The van der Waals surface area contributed by atoms with Gasteiger partial charge in [0.2, 0.25) is 0 Å². The van der Waals surface area contributed by atoms with Gasteiger partial charge < -0.3 is 0 Å². The highest BCUT2D eigenvalue weighted by molar-refractivity contribution is 6.92. The molecule has 3 nitrogen and oxygen atoms in total. The van der Waals surface area contributed by atoms with Gasteiger partial charge in [0, 0.05) is 8.41 Å². The van der Waals surface area contributed by atoms with E-state index in [4.69, 9.17) is 0 Å². The van der Waals surface area contributed by atoms with Gasteiger partial charge in [-0.05, 0) is 11.3 Å². The Morgan fingerprint density at radius 2 is 1.50 bits per heavy atom. The average molecular weight is 126 g/mol. The van der Waals surface area contributed by atoms with E-state index in [0.717, 1.165) is 0 Å². The lowest BCUT2D eigenvalue weighted by molar-refractivity contribution is 0.865. The number of hydrogen-bond donors (Lipinski definition) is 0. The van der Waals surface area contributed by atoms with Gasteiger partial charge >= 0.3 is 0 Å². The van der Waals surface area contributed by atoms with Crippen LogP contribution in [0.1, 0.15) is 0 Å². The second kappa shape index (κ2) is 6.50. The predicted octanol–water partition coefficient (Wildman–Crippen LogP) is -0.451. The average Bonchev–Trinajstić information content (AvgIpc) is 1.72. The molecule has 8 heavy (non-hydrogen) atoms. The topological polar surface area (TPSA) is 38.7 Å². The molecule has 1 aromatic rings. The summed E-state index contributed by atoms with van der Waals surface area (Å²) in [6.07, 6.45) is 3.15. The van der Waals surface area contributed by atoms with Gasteiger partial charge in [0.15, 0.2) is 0 Å². The minimum absolute atomic E-state index is 0. The van der Waals surface area contributed by atoms with Gasteiger partial charge in [0.1, 0.15) is 0 Å². The van der Waals surface area contributed by atoms with E-state index in [9.17, 15) is 0 Å². The maximum absolute atomic E-state index is 3.42. The third-order valence-corrected chi connectivity index (χ3v) is 0.409. The SMILES string of the molecule is P.[B].c1cnnnc1. The number of aromatic nitrogens is 3. The molecule has 1 atom stereocenters. The van der Waals surface area contributed by atoms with Crippen LogP contribution in [-0.2, 0) is 0 Å². The van der Waals surface area contributed by atoms with Gasteiger partial charge in [-0.2, -0.15) is 9.90 Å². The van der Waals surface area contributed by atoms with E-state index in [1.165, 1.54) is 0 Å². The fourth-order valence-corrected chi connectivity index (χ4v) is 0.205. The standard InChI is InChI=1S/C3H3N3.B.H3P/c1-2-4-6-5-3-1;;/h1-3H;;1H3. The Morgan fingerprint density at radius 3 is 1.62 bits per heavy atom. The summed E-state index contributed by atoms with van der Waals surface area (Å²) < 4.78 is 0. The molecule has 1 heterocycles. The van der Waals surface area contributed by atoms with Crippen LogP contribution in [-0.4, -0.2) is 23.8 Å². The molecule has 41 valence electrons. The Kier molecular flexibility index (Phi) is 8.52. The Bertz CT molecular complexity index is 86.5. The highest BCUT2D eigenvalue weighted by Gasteiger charge is 1.60. The Morgan fingerprint density at radius 1 is 1.00 bits per heavy atom. The summed E-state index contributed by atoms with van der Waals surface area (Å²) in [5.41, 5.74) is 0. The van der Waals surface area contributed by atoms with Crippen molar-refractivity contribution in [2.45, 2.75) is 0 Å². The fraction of sp³-hybridized carbons (Fsp3) is 0. The maximum Gasteiger partial charge on any atom is 0.0529 e. The maximum atomic E-state index is 3.42. The lowest BCUT2D eigenvalue weighted by Gasteiger charge is -1.68. The van der Waals surface area contributed by atoms with Gasteiger partial charge in [-0.1, -0.05) is 0 Å². The molecule has 1 rings (SSSR count). The smallest absolute Gasteiger partial charge is 0.0529 e. The Hall–Kier alpha value is -0.495. The summed E-state index contributed by atoms with van der Waals surface area (Å²) in [5, 5.41) is 10.1. The molecule has 0 N–H and O–H groups in total. The Balaban J connectivity index is 0. The molecular weight excluding hydrogens is 120 g/mol. The van der Waals surface area contributed by atoms with E-state index in [0.29, 0.717) is 0 Å². The molecule has 0 spiro atoms. The fourth-order valence-electron chi connectivity index (χ4n) is 0.205.